The molecule has 0 atom stereocenters. The number of nitrogens with zero attached hydrogens (tertiary/aromatic N) is 1. The summed E-state index contributed by atoms with van der Waals surface area (Å²) in [5.74, 6) is 3.16. The first kappa shape index (κ1) is 30.1. The van der Waals surface area contributed by atoms with E-state index in [1.165, 1.54) is 33.3 Å². The quantitative estimate of drug-likeness (QED) is 0.165. The largest absolute Gasteiger partial charge is 0.458 e. The summed E-state index contributed by atoms with van der Waals surface area (Å²) >= 11 is 0. The lowest BCUT2D eigenvalue weighted by Crippen LogP contribution is -2.59. The van der Waals surface area contributed by atoms with Crippen LogP contribution in [0.5, 0.6) is 23.0 Å². The Kier molecular flexibility index (Phi) is 7.25. The van der Waals surface area contributed by atoms with E-state index in [0.29, 0.717) is 0 Å². The maximum atomic E-state index is 6.88. The fraction of sp³-hybridized carbons (Fsp3) is 0. The molecule has 0 fully saturated rings. The van der Waals surface area contributed by atoms with Crippen LogP contribution in [0.2, 0.25) is 0 Å². The molecule has 244 valence electrons. The lowest BCUT2D eigenvalue weighted by atomic mass is 9.34. The van der Waals surface area contributed by atoms with Gasteiger partial charge < -0.3 is 14.4 Å². The molecule has 8 aromatic carbocycles. The Morgan fingerprint density at radius 1 is 0.385 bits per heavy atom. The standard InChI is InChI=1S/C48H32BNO2/c1-5-13-33(14-6-1)36-21-25-39(26-22-36)50-44-27-23-37(34-15-7-2-8-16-34)29-42(44)49-43-30-38(35-17-9-3-10-18-35)24-28-46(43)52-47-32-41(31-45(50)48(47)49)51-40-19-11-4-12-20-40/h1-32H. The van der Waals surface area contributed by atoms with Gasteiger partial charge in [0.25, 0.3) is 6.71 Å². The number of benzene rings is 8. The van der Waals surface area contributed by atoms with E-state index in [1.807, 2.05) is 30.3 Å². The molecule has 0 bridgehead atoms. The molecule has 2 aliphatic rings. The Morgan fingerprint density at radius 2 is 0.904 bits per heavy atom. The highest BCUT2D eigenvalue weighted by molar-refractivity contribution is 6.99. The molecule has 2 heterocycles. The first-order valence-corrected chi connectivity index (χ1v) is 17.7. The molecule has 0 spiro atoms. The van der Waals surface area contributed by atoms with E-state index >= 15 is 0 Å². The fourth-order valence-electron chi connectivity index (χ4n) is 7.75. The molecule has 0 saturated heterocycles. The first-order valence-electron chi connectivity index (χ1n) is 17.7. The van der Waals surface area contributed by atoms with Crippen molar-refractivity contribution in [3.05, 3.63) is 194 Å². The molecule has 0 aliphatic carbocycles. The van der Waals surface area contributed by atoms with Crippen LogP contribution in [-0.2, 0) is 0 Å². The van der Waals surface area contributed by atoms with Crippen molar-refractivity contribution in [2.75, 3.05) is 4.90 Å². The number of anilines is 3. The minimum Gasteiger partial charge on any atom is -0.458 e. The summed E-state index contributed by atoms with van der Waals surface area (Å²) in [6.45, 7) is -0.0679. The van der Waals surface area contributed by atoms with Gasteiger partial charge in [0, 0.05) is 29.2 Å². The number of hydrogen-bond donors (Lipinski definition) is 0. The number of hydrogen-bond acceptors (Lipinski definition) is 3. The van der Waals surface area contributed by atoms with E-state index in [1.54, 1.807) is 0 Å². The van der Waals surface area contributed by atoms with Gasteiger partial charge in [-0.3, -0.25) is 0 Å². The van der Waals surface area contributed by atoms with Gasteiger partial charge in [-0.1, -0.05) is 146 Å². The van der Waals surface area contributed by atoms with Crippen molar-refractivity contribution in [1.29, 1.82) is 0 Å². The van der Waals surface area contributed by atoms with Crippen molar-refractivity contribution in [2.24, 2.45) is 0 Å². The van der Waals surface area contributed by atoms with E-state index in [0.717, 1.165) is 56.5 Å². The molecule has 10 rings (SSSR count). The molecule has 0 radical (unpaired) electrons. The van der Waals surface area contributed by atoms with Gasteiger partial charge >= 0.3 is 0 Å². The molecule has 0 amide bonds. The second-order valence-corrected chi connectivity index (χ2v) is 13.3. The van der Waals surface area contributed by atoms with Crippen LogP contribution < -0.4 is 30.8 Å². The molecule has 0 N–H and O–H groups in total. The maximum Gasteiger partial charge on any atom is 0.256 e. The van der Waals surface area contributed by atoms with Crippen LogP contribution in [0, 0.1) is 0 Å². The fourth-order valence-corrected chi connectivity index (χ4v) is 7.75. The average molecular weight is 666 g/mol. The average Bonchev–Trinajstić information content (AvgIpc) is 3.22. The smallest absolute Gasteiger partial charge is 0.256 e. The lowest BCUT2D eigenvalue weighted by Gasteiger charge is -2.40. The highest BCUT2D eigenvalue weighted by atomic mass is 16.5. The third-order valence-electron chi connectivity index (χ3n) is 10.2. The van der Waals surface area contributed by atoms with Gasteiger partial charge in [0.05, 0.1) is 0 Å². The van der Waals surface area contributed by atoms with Gasteiger partial charge in [-0.15, -0.1) is 0 Å². The van der Waals surface area contributed by atoms with Crippen LogP contribution in [0.15, 0.2) is 194 Å². The normalized spacial score (nSPS) is 12.3. The third-order valence-corrected chi connectivity index (χ3v) is 10.2. The van der Waals surface area contributed by atoms with Crippen LogP contribution >= 0.6 is 0 Å². The van der Waals surface area contributed by atoms with Crippen LogP contribution in [-0.4, -0.2) is 6.71 Å². The second-order valence-electron chi connectivity index (χ2n) is 13.3. The monoisotopic (exact) mass is 665 g/mol. The summed E-state index contributed by atoms with van der Waals surface area (Å²) in [5.41, 5.74) is 13.8. The SMILES string of the molecule is c1ccc(Oc2cc3c4c(c2)N(c2ccc(-c5ccccc5)cc2)c2ccc(-c5ccccc5)cc2B4c2cc(-c4ccccc4)ccc2O3)cc1. The van der Waals surface area contributed by atoms with Gasteiger partial charge in [-0.25, -0.2) is 0 Å². The predicted molar refractivity (Wildman–Crippen MR) is 215 cm³/mol. The zero-order chi connectivity index (χ0) is 34.4. The van der Waals surface area contributed by atoms with E-state index in [2.05, 4.69) is 169 Å². The minimum absolute atomic E-state index is 0.0679. The van der Waals surface area contributed by atoms with Gasteiger partial charge in [0.15, 0.2) is 0 Å². The Morgan fingerprint density at radius 3 is 1.54 bits per heavy atom. The van der Waals surface area contributed by atoms with Crippen molar-refractivity contribution < 1.29 is 9.47 Å². The molecule has 0 aromatic heterocycles. The summed E-state index contributed by atoms with van der Waals surface area (Å²) < 4.78 is 13.4. The summed E-state index contributed by atoms with van der Waals surface area (Å²) in [4.78, 5) is 2.38. The second kappa shape index (κ2) is 12.5. The van der Waals surface area contributed by atoms with Crippen molar-refractivity contribution in [2.45, 2.75) is 0 Å². The molecule has 2 aliphatic heterocycles. The summed E-state index contributed by atoms with van der Waals surface area (Å²) in [6.07, 6.45) is 0. The third kappa shape index (κ3) is 5.24. The van der Waals surface area contributed by atoms with Gasteiger partial charge in [-0.05, 0) is 86.2 Å². The molecule has 52 heavy (non-hydrogen) atoms. The number of para-hydroxylation sites is 1. The van der Waals surface area contributed by atoms with Gasteiger partial charge in [0.1, 0.15) is 23.0 Å². The molecule has 0 saturated carbocycles. The topological polar surface area (TPSA) is 21.7 Å². The molecule has 4 heteroatoms. The van der Waals surface area contributed by atoms with Crippen LogP contribution in [0.1, 0.15) is 0 Å². The van der Waals surface area contributed by atoms with Crippen LogP contribution in [0.25, 0.3) is 33.4 Å². The molecular weight excluding hydrogens is 633 g/mol. The van der Waals surface area contributed by atoms with Gasteiger partial charge in [0.2, 0.25) is 0 Å². The highest BCUT2D eigenvalue weighted by Crippen LogP contribution is 2.44. The minimum atomic E-state index is -0.0679. The van der Waals surface area contributed by atoms with Crippen molar-refractivity contribution >= 4 is 40.2 Å². The van der Waals surface area contributed by atoms with Crippen molar-refractivity contribution in [3.63, 3.8) is 0 Å². The predicted octanol–water partition coefficient (Wildman–Crippen LogP) is 10.9. The van der Waals surface area contributed by atoms with Crippen LogP contribution in [0.3, 0.4) is 0 Å². The summed E-state index contributed by atoms with van der Waals surface area (Å²) in [5, 5.41) is 0. The van der Waals surface area contributed by atoms with Crippen LogP contribution in [0.4, 0.5) is 17.1 Å². The van der Waals surface area contributed by atoms with Crippen molar-refractivity contribution in [1.82, 2.24) is 0 Å². The van der Waals surface area contributed by atoms with E-state index < -0.39 is 0 Å². The first-order chi connectivity index (χ1) is 25.8. The molecular formula is C48H32BNO2. The van der Waals surface area contributed by atoms with E-state index in [-0.39, 0.29) is 6.71 Å². The Bertz CT molecular complexity index is 2560. The lowest BCUT2D eigenvalue weighted by molar-refractivity contribution is 0.463. The molecule has 8 aromatic rings. The van der Waals surface area contributed by atoms with Crippen molar-refractivity contribution in [3.8, 4) is 56.4 Å². The van der Waals surface area contributed by atoms with E-state index in [9.17, 15) is 0 Å². The maximum absolute atomic E-state index is 6.88. The number of rotatable bonds is 6. The number of fused-ring (bicyclic) bond motifs is 4. The Hall–Kier alpha value is -6.78. The van der Waals surface area contributed by atoms with E-state index in [4.69, 9.17) is 9.47 Å². The molecule has 3 nitrogen and oxygen atoms in total. The Balaban J connectivity index is 1.21. The zero-order valence-corrected chi connectivity index (χ0v) is 28.3. The Labute approximate surface area is 304 Å². The number of ether oxygens (including phenoxy) is 2. The summed E-state index contributed by atoms with van der Waals surface area (Å²) in [6, 6.07) is 68.3. The summed E-state index contributed by atoms with van der Waals surface area (Å²) in [7, 11) is 0. The molecule has 0 unspecified atom stereocenters. The zero-order valence-electron chi connectivity index (χ0n) is 28.3. The van der Waals surface area contributed by atoms with Gasteiger partial charge in [-0.2, -0.15) is 0 Å². The highest BCUT2D eigenvalue weighted by Gasteiger charge is 2.42.